The first-order chi connectivity index (χ1) is 14.3. The zero-order valence-corrected chi connectivity index (χ0v) is 17.2. The summed E-state index contributed by atoms with van der Waals surface area (Å²) in [5, 5.41) is 7.54. The fraction of sp³-hybridized carbons (Fsp3) is 0.364. The minimum atomic E-state index is -0.154. The van der Waals surface area contributed by atoms with Gasteiger partial charge in [-0.05, 0) is 17.5 Å². The van der Waals surface area contributed by atoms with Crippen molar-refractivity contribution < 1.29 is 4.74 Å². The Morgan fingerprint density at radius 2 is 1.79 bits per heavy atom. The Balaban J connectivity index is 1.31. The molecule has 1 aliphatic heterocycles. The van der Waals surface area contributed by atoms with Gasteiger partial charge in [0.05, 0.1) is 12.7 Å². The van der Waals surface area contributed by atoms with Crippen LogP contribution in [-0.2, 0) is 24.2 Å². The van der Waals surface area contributed by atoms with Crippen LogP contribution >= 0.6 is 11.8 Å². The van der Waals surface area contributed by atoms with Crippen molar-refractivity contribution >= 4 is 11.8 Å². The lowest BCUT2D eigenvalue weighted by Crippen LogP contribution is -2.43. The van der Waals surface area contributed by atoms with E-state index < -0.39 is 0 Å². The maximum Gasteiger partial charge on any atom is 0.343 e. The smallest absolute Gasteiger partial charge is 0.343 e. The van der Waals surface area contributed by atoms with E-state index >= 15 is 0 Å². The third-order valence-corrected chi connectivity index (χ3v) is 6.17. The SMILES string of the molecule is O=c1[nH]nc(SC[C@H]2CN(Cc3ccccc3)CCO2)n1CCc1ccccc1. The van der Waals surface area contributed by atoms with E-state index in [0.717, 1.165) is 43.6 Å². The Labute approximate surface area is 174 Å². The Morgan fingerprint density at radius 1 is 1.07 bits per heavy atom. The largest absolute Gasteiger partial charge is 0.375 e. The van der Waals surface area contributed by atoms with Crippen LogP contribution in [0.15, 0.2) is 70.6 Å². The average Bonchev–Trinajstić information content (AvgIpc) is 3.12. The van der Waals surface area contributed by atoms with Crippen molar-refractivity contribution in [2.45, 2.75) is 30.8 Å². The summed E-state index contributed by atoms with van der Waals surface area (Å²) in [6, 6.07) is 20.7. The maximum atomic E-state index is 12.2. The number of morpholine rings is 1. The van der Waals surface area contributed by atoms with Gasteiger partial charge in [0.1, 0.15) is 0 Å². The van der Waals surface area contributed by atoms with Gasteiger partial charge in [-0.3, -0.25) is 9.47 Å². The van der Waals surface area contributed by atoms with E-state index in [0.29, 0.717) is 6.54 Å². The van der Waals surface area contributed by atoms with Crippen molar-refractivity contribution in [2.75, 3.05) is 25.4 Å². The molecule has 0 amide bonds. The van der Waals surface area contributed by atoms with Crippen LogP contribution in [0.25, 0.3) is 0 Å². The van der Waals surface area contributed by atoms with Crippen molar-refractivity contribution in [1.82, 2.24) is 19.7 Å². The van der Waals surface area contributed by atoms with E-state index in [1.165, 1.54) is 11.1 Å². The van der Waals surface area contributed by atoms with Gasteiger partial charge in [-0.15, -0.1) is 5.10 Å². The second-order valence-corrected chi connectivity index (χ2v) is 8.21. The van der Waals surface area contributed by atoms with Crippen LogP contribution in [-0.4, -0.2) is 51.2 Å². The fourth-order valence-electron chi connectivity index (χ4n) is 3.53. The number of hydrogen-bond acceptors (Lipinski definition) is 5. The standard InChI is InChI=1S/C22H26N4O2S/c27-21-23-24-22(26(21)12-11-18-7-3-1-4-8-18)29-17-20-16-25(13-14-28-20)15-19-9-5-2-6-10-19/h1-10,20H,11-17H2,(H,23,27)/t20-/m1/s1. The summed E-state index contributed by atoms with van der Waals surface area (Å²) in [5.74, 6) is 0.779. The molecule has 3 aromatic rings. The third kappa shape index (κ3) is 5.59. The van der Waals surface area contributed by atoms with Crippen LogP contribution in [0.2, 0.25) is 0 Å². The summed E-state index contributed by atoms with van der Waals surface area (Å²) in [6.45, 7) is 4.13. The van der Waals surface area contributed by atoms with Crippen LogP contribution in [0.1, 0.15) is 11.1 Å². The molecular weight excluding hydrogens is 384 g/mol. The maximum absolute atomic E-state index is 12.2. The predicted molar refractivity (Wildman–Crippen MR) is 115 cm³/mol. The highest BCUT2D eigenvalue weighted by molar-refractivity contribution is 7.99. The molecule has 0 bridgehead atoms. The minimum Gasteiger partial charge on any atom is -0.375 e. The van der Waals surface area contributed by atoms with Crippen molar-refractivity contribution in [3.05, 3.63) is 82.3 Å². The second-order valence-electron chi connectivity index (χ2n) is 7.22. The molecule has 1 atom stereocenters. The highest BCUT2D eigenvalue weighted by atomic mass is 32.2. The molecule has 1 aromatic heterocycles. The number of benzene rings is 2. The Morgan fingerprint density at radius 3 is 2.55 bits per heavy atom. The van der Waals surface area contributed by atoms with Gasteiger partial charge in [0.15, 0.2) is 5.16 Å². The van der Waals surface area contributed by atoms with E-state index in [4.69, 9.17) is 4.74 Å². The number of nitrogens with zero attached hydrogens (tertiary/aromatic N) is 3. The van der Waals surface area contributed by atoms with Crippen molar-refractivity contribution in [2.24, 2.45) is 0 Å². The monoisotopic (exact) mass is 410 g/mol. The molecule has 0 radical (unpaired) electrons. The van der Waals surface area contributed by atoms with E-state index in [9.17, 15) is 4.79 Å². The number of aromatic amines is 1. The molecule has 0 unspecified atom stereocenters. The molecule has 7 heteroatoms. The van der Waals surface area contributed by atoms with Gasteiger partial charge >= 0.3 is 5.69 Å². The first-order valence-corrected chi connectivity index (χ1v) is 11.0. The molecule has 1 saturated heterocycles. The molecule has 2 aromatic carbocycles. The van der Waals surface area contributed by atoms with Gasteiger partial charge in [0, 0.05) is 31.9 Å². The zero-order chi connectivity index (χ0) is 19.9. The quantitative estimate of drug-likeness (QED) is 0.579. The number of thioether (sulfide) groups is 1. The zero-order valence-electron chi connectivity index (χ0n) is 16.4. The highest BCUT2D eigenvalue weighted by Gasteiger charge is 2.22. The normalized spacial score (nSPS) is 17.4. The fourth-order valence-corrected chi connectivity index (χ4v) is 4.51. The number of aromatic nitrogens is 3. The van der Waals surface area contributed by atoms with E-state index in [1.807, 2.05) is 24.3 Å². The van der Waals surface area contributed by atoms with Crippen molar-refractivity contribution in [1.29, 1.82) is 0 Å². The van der Waals surface area contributed by atoms with Gasteiger partial charge in [0.25, 0.3) is 0 Å². The van der Waals surface area contributed by atoms with Crippen molar-refractivity contribution in [3.8, 4) is 0 Å². The van der Waals surface area contributed by atoms with Gasteiger partial charge in [-0.25, -0.2) is 9.89 Å². The number of hydrogen-bond donors (Lipinski definition) is 1. The molecule has 29 heavy (non-hydrogen) atoms. The molecule has 2 heterocycles. The molecule has 1 N–H and O–H groups in total. The molecule has 4 rings (SSSR count). The van der Waals surface area contributed by atoms with Gasteiger partial charge in [-0.2, -0.15) is 0 Å². The summed E-state index contributed by atoms with van der Waals surface area (Å²) >= 11 is 1.59. The lowest BCUT2D eigenvalue weighted by Gasteiger charge is -2.32. The molecule has 152 valence electrons. The van der Waals surface area contributed by atoms with Crippen LogP contribution in [0.4, 0.5) is 0 Å². The molecule has 1 aliphatic rings. The van der Waals surface area contributed by atoms with Crippen LogP contribution in [0.3, 0.4) is 0 Å². The van der Waals surface area contributed by atoms with Crippen LogP contribution < -0.4 is 5.69 Å². The Kier molecular flexibility index (Phi) is 6.82. The lowest BCUT2D eigenvalue weighted by molar-refractivity contribution is -0.0187. The van der Waals surface area contributed by atoms with Crippen molar-refractivity contribution in [3.63, 3.8) is 0 Å². The third-order valence-electron chi connectivity index (χ3n) is 5.06. The number of ether oxygens (including phenoxy) is 1. The highest BCUT2D eigenvalue weighted by Crippen LogP contribution is 2.19. The van der Waals surface area contributed by atoms with E-state index in [2.05, 4.69) is 51.5 Å². The van der Waals surface area contributed by atoms with E-state index in [1.54, 1.807) is 16.3 Å². The summed E-state index contributed by atoms with van der Waals surface area (Å²) in [6.07, 6.45) is 0.936. The van der Waals surface area contributed by atoms with Gasteiger partial charge in [0.2, 0.25) is 0 Å². The summed E-state index contributed by atoms with van der Waals surface area (Å²) < 4.78 is 7.68. The summed E-state index contributed by atoms with van der Waals surface area (Å²) in [7, 11) is 0. The number of nitrogens with one attached hydrogen (secondary N) is 1. The Bertz CT molecular complexity index is 942. The minimum absolute atomic E-state index is 0.131. The average molecular weight is 411 g/mol. The molecule has 1 fully saturated rings. The van der Waals surface area contributed by atoms with E-state index in [-0.39, 0.29) is 11.8 Å². The first-order valence-electron chi connectivity index (χ1n) is 9.98. The topological polar surface area (TPSA) is 63.1 Å². The predicted octanol–water partition coefficient (Wildman–Crippen LogP) is 2.81. The summed E-state index contributed by atoms with van der Waals surface area (Å²) in [5.41, 5.74) is 2.38. The number of rotatable bonds is 8. The lowest BCUT2D eigenvalue weighted by atomic mass is 10.1. The number of aryl methyl sites for hydroxylation is 1. The van der Waals surface area contributed by atoms with Gasteiger partial charge < -0.3 is 4.74 Å². The second kappa shape index (κ2) is 9.91. The van der Waals surface area contributed by atoms with Crippen LogP contribution in [0, 0.1) is 0 Å². The molecule has 0 spiro atoms. The first kappa shape index (κ1) is 19.9. The Hall–Kier alpha value is -2.35. The molecular formula is C22H26N4O2S. The molecule has 0 saturated carbocycles. The summed E-state index contributed by atoms with van der Waals surface area (Å²) in [4.78, 5) is 14.6. The van der Waals surface area contributed by atoms with Gasteiger partial charge in [-0.1, -0.05) is 72.4 Å². The molecule has 0 aliphatic carbocycles. The number of H-pyrrole nitrogens is 1. The molecule has 6 nitrogen and oxygen atoms in total. The van der Waals surface area contributed by atoms with Crippen LogP contribution in [0.5, 0.6) is 0 Å².